The molecular formula is C24H22FN2O2+. The number of piperazine rings is 1. The lowest BCUT2D eigenvalue weighted by Crippen LogP contribution is -3.13. The highest BCUT2D eigenvalue weighted by molar-refractivity contribution is 6.06. The molecular weight excluding hydrogens is 367 g/mol. The Bertz CT molecular complexity index is 1230. The van der Waals surface area contributed by atoms with Crippen molar-refractivity contribution in [3.05, 3.63) is 88.5 Å². The summed E-state index contributed by atoms with van der Waals surface area (Å²) in [6, 6.07) is 20.4. The number of halogens is 1. The Morgan fingerprint density at radius 2 is 1.72 bits per heavy atom. The SMILES string of the molecule is O=c1cc(C[NH+]2CCN(c3ccc(F)cc3)CC2)c2c(ccc3ccccc32)o1. The van der Waals surface area contributed by atoms with E-state index in [1.807, 2.05) is 36.4 Å². The van der Waals surface area contributed by atoms with E-state index in [0.29, 0.717) is 5.58 Å². The number of nitrogens with one attached hydrogen (secondary N) is 1. The van der Waals surface area contributed by atoms with Gasteiger partial charge in [-0.1, -0.05) is 30.3 Å². The van der Waals surface area contributed by atoms with Gasteiger partial charge in [0.25, 0.3) is 0 Å². The third kappa shape index (κ3) is 3.49. The number of fused-ring (bicyclic) bond motifs is 3. The zero-order valence-electron chi connectivity index (χ0n) is 16.0. The number of nitrogens with zero attached hydrogens (tertiary/aromatic N) is 1. The van der Waals surface area contributed by atoms with Crippen LogP contribution in [0, 0.1) is 5.82 Å². The van der Waals surface area contributed by atoms with Gasteiger partial charge in [-0.2, -0.15) is 0 Å². The van der Waals surface area contributed by atoms with Gasteiger partial charge in [-0.3, -0.25) is 0 Å². The number of hydrogen-bond donors (Lipinski definition) is 1. The van der Waals surface area contributed by atoms with Gasteiger partial charge in [0.05, 0.1) is 26.2 Å². The van der Waals surface area contributed by atoms with E-state index in [1.165, 1.54) is 17.0 Å². The monoisotopic (exact) mass is 389 g/mol. The summed E-state index contributed by atoms with van der Waals surface area (Å²) < 4.78 is 18.7. The molecule has 4 nitrogen and oxygen atoms in total. The molecule has 5 heteroatoms. The van der Waals surface area contributed by atoms with Crippen molar-refractivity contribution in [3.63, 3.8) is 0 Å². The molecule has 1 aliphatic rings. The van der Waals surface area contributed by atoms with E-state index in [9.17, 15) is 9.18 Å². The largest absolute Gasteiger partial charge is 0.423 e. The van der Waals surface area contributed by atoms with E-state index in [1.54, 1.807) is 6.07 Å². The van der Waals surface area contributed by atoms with Crippen molar-refractivity contribution >= 4 is 27.4 Å². The van der Waals surface area contributed by atoms with Crippen LogP contribution in [0.2, 0.25) is 0 Å². The quantitative estimate of drug-likeness (QED) is 0.432. The third-order valence-electron chi connectivity index (χ3n) is 5.82. The number of anilines is 1. The molecule has 1 N–H and O–H groups in total. The summed E-state index contributed by atoms with van der Waals surface area (Å²) in [5, 5.41) is 3.30. The van der Waals surface area contributed by atoms with Crippen LogP contribution >= 0.6 is 0 Å². The van der Waals surface area contributed by atoms with Gasteiger partial charge in [0, 0.05) is 22.7 Å². The Labute approximate surface area is 167 Å². The molecule has 3 aromatic carbocycles. The minimum Gasteiger partial charge on any atom is -0.423 e. The summed E-state index contributed by atoms with van der Waals surface area (Å²) in [5.41, 5.74) is 2.45. The van der Waals surface area contributed by atoms with Gasteiger partial charge < -0.3 is 14.2 Å². The molecule has 0 amide bonds. The first-order chi connectivity index (χ1) is 14.2. The van der Waals surface area contributed by atoms with E-state index in [-0.39, 0.29) is 11.4 Å². The van der Waals surface area contributed by atoms with Crippen molar-refractivity contribution in [3.8, 4) is 0 Å². The second-order valence-electron chi connectivity index (χ2n) is 7.64. The van der Waals surface area contributed by atoms with Crippen LogP contribution in [0.5, 0.6) is 0 Å². The Morgan fingerprint density at radius 1 is 0.966 bits per heavy atom. The Balaban J connectivity index is 1.41. The molecule has 0 radical (unpaired) electrons. The minimum absolute atomic E-state index is 0.208. The highest BCUT2D eigenvalue weighted by Gasteiger charge is 2.22. The summed E-state index contributed by atoms with van der Waals surface area (Å²) in [5.74, 6) is -0.208. The highest BCUT2D eigenvalue weighted by atomic mass is 19.1. The lowest BCUT2D eigenvalue weighted by molar-refractivity contribution is -0.914. The van der Waals surface area contributed by atoms with Gasteiger partial charge in [0.1, 0.15) is 17.9 Å². The molecule has 0 bridgehead atoms. The van der Waals surface area contributed by atoms with Crippen LogP contribution < -0.4 is 15.4 Å². The standard InChI is InChI=1S/C24H21FN2O2/c25-19-6-8-20(9-7-19)27-13-11-26(12-14-27)16-18-15-23(28)29-22-10-5-17-3-1-2-4-21(17)24(18)22/h1-10,15H,11-14,16H2/p+1. The molecule has 2 heterocycles. The van der Waals surface area contributed by atoms with Crippen LogP contribution in [0.1, 0.15) is 5.56 Å². The van der Waals surface area contributed by atoms with Crippen molar-refractivity contribution < 1.29 is 13.7 Å². The van der Waals surface area contributed by atoms with Crippen molar-refractivity contribution in [2.24, 2.45) is 0 Å². The second kappa shape index (κ2) is 7.33. The number of benzene rings is 3. The van der Waals surface area contributed by atoms with Gasteiger partial charge in [-0.25, -0.2) is 9.18 Å². The fraction of sp³-hybridized carbons (Fsp3) is 0.208. The molecule has 1 saturated heterocycles. The molecule has 1 aromatic heterocycles. The zero-order chi connectivity index (χ0) is 19.8. The normalized spacial score (nSPS) is 15.3. The molecule has 1 aliphatic heterocycles. The fourth-order valence-corrected chi connectivity index (χ4v) is 4.34. The lowest BCUT2D eigenvalue weighted by Gasteiger charge is -2.33. The summed E-state index contributed by atoms with van der Waals surface area (Å²) in [6.45, 7) is 4.52. The average molecular weight is 389 g/mol. The molecule has 0 aliphatic carbocycles. The molecule has 146 valence electrons. The van der Waals surface area contributed by atoms with E-state index in [4.69, 9.17) is 4.42 Å². The molecule has 0 saturated carbocycles. The smallest absolute Gasteiger partial charge is 0.336 e. The minimum atomic E-state index is -0.299. The predicted octanol–water partition coefficient (Wildman–Crippen LogP) is 2.99. The van der Waals surface area contributed by atoms with Crippen LogP contribution in [-0.2, 0) is 6.54 Å². The van der Waals surface area contributed by atoms with Crippen molar-refractivity contribution in [1.29, 1.82) is 0 Å². The van der Waals surface area contributed by atoms with E-state index in [0.717, 1.165) is 60.1 Å². The van der Waals surface area contributed by atoms with E-state index in [2.05, 4.69) is 17.0 Å². The molecule has 4 aromatic rings. The summed E-state index contributed by atoms with van der Waals surface area (Å²) >= 11 is 0. The molecule has 5 rings (SSSR count). The maximum absolute atomic E-state index is 13.2. The van der Waals surface area contributed by atoms with Gasteiger partial charge in [0.2, 0.25) is 0 Å². The van der Waals surface area contributed by atoms with E-state index >= 15 is 0 Å². The van der Waals surface area contributed by atoms with Crippen molar-refractivity contribution in [1.82, 2.24) is 0 Å². The highest BCUT2D eigenvalue weighted by Crippen LogP contribution is 2.27. The van der Waals surface area contributed by atoms with Gasteiger partial charge in [-0.05, 0) is 41.1 Å². The molecule has 0 spiro atoms. The number of hydrogen-bond acceptors (Lipinski definition) is 3. The summed E-state index contributed by atoms with van der Waals surface area (Å²) in [6.07, 6.45) is 0. The van der Waals surface area contributed by atoms with Gasteiger partial charge in [0.15, 0.2) is 0 Å². The van der Waals surface area contributed by atoms with E-state index < -0.39 is 0 Å². The molecule has 0 atom stereocenters. The van der Waals surface area contributed by atoms with Crippen LogP contribution in [-0.4, -0.2) is 26.2 Å². The Kier molecular flexibility index (Phi) is 4.52. The topological polar surface area (TPSA) is 37.9 Å². The maximum Gasteiger partial charge on any atom is 0.336 e. The fourth-order valence-electron chi connectivity index (χ4n) is 4.34. The summed E-state index contributed by atoms with van der Waals surface area (Å²) in [4.78, 5) is 15.9. The third-order valence-corrected chi connectivity index (χ3v) is 5.82. The van der Waals surface area contributed by atoms with Crippen LogP contribution in [0.15, 0.2) is 75.9 Å². The lowest BCUT2D eigenvalue weighted by atomic mass is 10.0. The first-order valence-corrected chi connectivity index (χ1v) is 9.96. The second-order valence-corrected chi connectivity index (χ2v) is 7.64. The van der Waals surface area contributed by atoms with Crippen LogP contribution in [0.4, 0.5) is 10.1 Å². The molecule has 1 fully saturated rings. The van der Waals surface area contributed by atoms with Crippen LogP contribution in [0.3, 0.4) is 0 Å². The Morgan fingerprint density at radius 3 is 2.52 bits per heavy atom. The van der Waals surface area contributed by atoms with Gasteiger partial charge >= 0.3 is 5.63 Å². The average Bonchev–Trinajstić information content (AvgIpc) is 2.74. The molecule has 29 heavy (non-hydrogen) atoms. The van der Waals surface area contributed by atoms with Crippen molar-refractivity contribution in [2.45, 2.75) is 6.54 Å². The first kappa shape index (κ1) is 17.9. The first-order valence-electron chi connectivity index (χ1n) is 9.96. The van der Waals surface area contributed by atoms with Crippen LogP contribution in [0.25, 0.3) is 21.7 Å². The number of rotatable bonds is 3. The number of quaternary nitrogens is 1. The van der Waals surface area contributed by atoms with Gasteiger partial charge in [-0.15, -0.1) is 0 Å². The zero-order valence-corrected chi connectivity index (χ0v) is 16.0. The molecule has 0 unspecified atom stereocenters. The summed E-state index contributed by atoms with van der Waals surface area (Å²) in [7, 11) is 0. The maximum atomic E-state index is 13.2. The van der Waals surface area contributed by atoms with Crippen molar-refractivity contribution in [2.75, 3.05) is 31.1 Å². The Hall–Kier alpha value is -3.18. The predicted molar refractivity (Wildman–Crippen MR) is 113 cm³/mol.